The zero-order valence-electron chi connectivity index (χ0n) is 15.7. The molecule has 1 aliphatic rings. The molecule has 0 heterocycles. The van der Waals surface area contributed by atoms with Crippen molar-refractivity contribution >= 4 is 27.7 Å². The second-order valence-corrected chi connectivity index (χ2v) is 7.08. The van der Waals surface area contributed by atoms with Crippen LogP contribution in [0.1, 0.15) is 27.0 Å². The van der Waals surface area contributed by atoms with Crippen molar-refractivity contribution in [1.29, 1.82) is 0 Å². The Morgan fingerprint density at radius 3 is 2.07 bits per heavy atom. The summed E-state index contributed by atoms with van der Waals surface area (Å²) in [6.07, 6.45) is 3.55. The lowest BCUT2D eigenvalue weighted by atomic mass is 9.82. The summed E-state index contributed by atoms with van der Waals surface area (Å²) in [7, 11) is 0. The molecule has 0 bridgehead atoms. The first kappa shape index (κ1) is 17.2. The zero-order chi connectivity index (χ0) is 19.8. The number of benzene rings is 4. The zero-order valence-corrected chi connectivity index (χ0v) is 15.7. The Morgan fingerprint density at radius 1 is 0.621 bits per heavy atom. The lowest BCUT2D eigenvalue weighted by molar-refractivity contribution is 0.104. The van der Waals surface area contributed by atoms with Crippen molar-refractivity contribution in [2.75, 3.05) is 0 Å². The van der Waals surface area contributed by atoms with Crippen LogP contribution in [0.2, 0.25) is 0 Å². The molecule has 1 N–H and O–H groups in total. The SMILES string of the molecule is O=C1C=CC(=C(c2ccccc2)c2ccc(O)c3ccccc23)c2ccccc21. The number of hydrogen-bond donors (Lipinski definition) is 1. The van der Waals surface area contributed by atoms with E-state index in [1.54, 1.807) is 12.1 Å². The summed E-state index contributed by atoms with van der Waals surface area (Å²) in [6.45, 7) is 0. The highest BCUT2D eigenvalue weighted by Crippen LogP contribution is 2.40. The summed E-state index contributed by atoms with van der Waals surface area (Å²) >= 11 is 0. The number of carbonyl (C=O) groups is 1. The molecule has 1 aliphatic carbocycles. The molecule has 0 fully saturated rings. The van der Waals surface area contributed by atoms with E-state index in [0.717, 1.165) is 38.6 Å². The molecule has 4 aromatic rings. The highest BCUT2D eigenvalue weighted by molar-refractivity contribution is 6.18. The fraction of sp³-hybridized carbons (Fsp3) is 0. The third kappa shape index (κ3) is 2.86. The van der Waals surface area contributed by atoms with Crippen LogP contribution in [0.15, 0.2) is 103 Å². The van der Waals surface area contributed by atoms with Gasteiger partial charge in [-0.05, 0) is 51.4 Å². The van der Waals surface area contributed by atoms with E-state index in [2.05, 4.69) is 12.1 Å². The minimum Gasteiger partial charge on any atom is -0.507 e. The average Bonchev–Trinajstić information content (AvgIpc) is 2.78. The number of aromatic hydroxyl groups is 1. The molecule has 0 atom stereocenters. The van der Waals surface area contributed by atoms with Crippen LogP contribution in [0, 0.1) is 0 Å². The Bertz CT molecular complexity index is 1310. The Morgan fingerprint density at radius 2 is 1.28 bits per heavy atom. The molecular formula is C27H18O2. The third-order valence-electron chi connectivity index (χ3n) is 5.39. The van der Waals surface area contributed by atoms with Crippen LogP contribution in [0.25, 0.3) is 21.9 Å². The lowest BCUT2D eigenvalue weighted by Crippen LogP contribution is -2.06. The molecule has 0 amide bonds. The van der Waals surface area contributed by atoms with E-state index in [1.807, 2.05) is 78.9 Å². The molecule has 2 heteroatoms. The van der Waals surface area contributed by atoms with Gasteiger partial charge in [0, 0.05) is 10.9 Å². The van der Waals surface area contributed by atoms with Crippen LogP contribution in [-0.2, 0) is 0 Å². The topological polar surface area (TPSA) is 37.3 Å². The molecule has 0 radical (unpaired) electrons. The molecule has 0 saturated carbocycles. The van der Waals surface area contributed by atoms with Crippen molar-refractivity contribution in [2.45, 2.75) is 0 Å². The maximum atomic E-state index is 12.4. The van der Waals surface area contributed by atoms with E-state index in [0.29, 0.717) is 5.56 Å². The molecule has 4 aromatic carbocycles. The van der Waals surface area contributed by atoms with Crippen molar-refractivity contribution in [2.24, 2.45) is 0 Å². The smallest absolute Gasteiger partial charge is 0.186 e. The number of fused-ring (bicyclic) bond motifs is 2. The maximum absolute atomic E-state index is 12.4. The van der Waals surface area contributed by atoms with Gasteiger partial charge in [-0.25, -0.2) is 0 Å². The monoisotopic (exact) mass is 374 g/mol. The number of phenols is 1. The van der Waals surface area contributed by atoms with Gasteiger partial charge in [-0.1, -0.05) is 84.9 Å². The average molecular weight is 374 g/mol. The number of hydrogen-bond acceptors (Lipinski definition) is 2. The van der Waals surface area contributed by atoms with Gasteiger partial charge in [-0.2, -0.15) is 0 Å². The largest absolute Gasteiger partial charge is 0.507 e. The van der Waals surface area contributed by atoms with Gasteiger partial charge in [0.25, 0.3) is 0 Å². The summed E-state index contributed by atoms with van der Waals surface area (Å²) in [5.74, 6) is 0.281. The molecule has 0 saturated heterocycles. The molecule has 138 valence electrons. The van der Waals surface area contributed by atoms with Gasteiger partial charge in [0.05, 0.1) is 0 Å². The molecule has 0 aromatic heterocycles. The Balaban J connectivity index is 1.92. The summed E-state index contributed by atoms with van der Waals surface area (Å²) in [5.41, 5.74) is 5.76. The maximum Gasteiger partial charge on any atom is 0.186 e. The Kier molecular flexibility index (Phi) is 4.10. The van der Waals surface area contributed by atoms with E-state index < -0.39 is 0 Å². The van der Waals surface area contributed by atoms with Gasteiger partial charge in [-0.15, -0.1) is 0 Å². The molecule has 2 nitrogen and oxygen atoms in total. The van der Waals surface area contributed by atoms with E-state index in [1.165, 1.54) is 0 Å². The van der Waals surface area contributed by atoms with Crippen LogP contribution in [0.5, 0.6) is 5.75 Å². The number of phenolic OH excluding ortho intramolecular Hbond substituents is 1. The second kappa shape index (κ2) is 6.92. The highest BCUT2D eigenvalue weighted by Gasteiger charge is 2.21. The van der Waals surface area contributed by atoms with Gasteiger partial charge in [0.2, 0.25) is 0 Å². The van der Waals surface area contributed by atoms with E-state index >= 15 is 0 Å². The molecule has 5 rings (SSSR count). The van der Waals surface area contributed by atoms with Gasteiger partial charge in [-0.3, -0.25) is 4.79 Å². The summed E-state index contributed by atoms with van der Waals surface area (Å²) in [5, 5.41) is 12.2. The molecule has 0 unspecified atom stereocenters. The molecule has 0 aliphatic heterocycles. The Labute approximate surface area is 169 Å². The van der Waals surface area contributed by atoms with Crippen molar-refractivity contribution < 1.29 is 9.90 Å². The minimum atomic E-state index is 0.0207. The van der Waals surface area contributed by atoms with Gasteiger partial charge in [0.1, 0.15) is 5.75 Å². The van der Waals surface area contributed by atoms with Crippen molar-refractivity contribution in [1.82, 2.24) is 0 Å². The normalized spacial score (nSPS) is 14.7. The number of rotatable bonds is 2. The van der Waals surface area contributed by atoms with Crippen molar-refractivity contribution in [3.8, 4) is 5.75 Å². The predicted molar refractivity (Wildman–Crippen MR) is 118 cm³/mol. The second-order valence-electron chi connectivity index (χ2n) is 7.08. The van der Waals surface area contributed by atoms with Gasteiger partial charge in [0.15, 0.2) is 5.78 Å². The lowest BCUT2D eigenvalue weighted by Gasteiger charge is -2.20. The first-order valence-electron chi connectivity index (χ1n) is 9.56. The first-order chi connectivity index (χ1) is 14.2. The summed E-state index contributed by atoms with van der Waals surface area (Å²) in [4.78, 5) is 12.4. The predicted octanol–water partition coefficient (Wildman–Crippen LogP) is 6.26. The van der Waals surface area contributed by atoms with Crippen molar-refractivity contribution in [3.63, 3.8) is 0 Å². The van der Waals surface area contributed by atoms with E-state index in [-0.39, 0.29) is 11.5 Å². The van der Waals surface area contributed by atoms with E-state index in [4.69, 9.17) is 0 Å². The molecule has 29 heavy (non-hydrogen) atoms. The quantitative estimate of drug-likeness (QED) is 0.450. The van der Waals surface area contributed by atoms with Crippen LogP contribution in [0.3, 0.4) is 0 Å². The van der Waals surface area contributed by atoms with E-state index in [9.17, 15) is 9.90 Å². The fourth-order valence-electron chi connectivity index (χ4n) is 4.05. The van der Waals surface area contributed by atoms with Crippen LogP contribution in [-0.4, -0.2) is 10.9 Å². The number of ketones is 1. The van der Waals surface area contributed by atoms with Crippen LogP contribution < -0.4 is 0 Å². The van der Waals surface area contributed by atoms with Crippen molar-refractivity contribution in [3.05, 3.63) is 125 Å². The fourth-order valence-corrected chi connectivity index (χ4v) is 4.05. The van der Waals surface area contributed by atoms with Crippen LogP contribution >= 0.6 is 0 Å². The van der Waals surface area contributed by atoms with Gasteiger partial charge < -0.3 is 5.11 Å². The minimum absolute atomic E-state index is 0.0207. The Hall–Kier alpha value is -3.91. The highest BCUT2D eigenvalue weighted by atomic mass is 16.3. The standard InChI is InChI=1S/C27H18O2/c28-25-16-14-23(19-10-4-6-12-21(19)25)27(18-8-2-1-3-9-18)24-15-17-26(29)22-13-7-5-11-20(22)24/h1-17,28H. The number of allylic oxidation sites excluding steroid dienone is 3. The number of carbonyl (C=O) groups excluding carboxylic acids is 1. The van der Waals surface area contributed by atoms with Gasteiger partial charge >= 0.3 is 0 Å². The first-order valence-corrected chi connectivity index (χ1v) is 9.56. The van der Waals surface area contributed by atoms with Crippen LogP contribution in [0.4, 0.5) is 0 Å². The molecule has 0 spiro atoms. The third-order valence-corrected chi connectivity index (χ3v) is 5.39. The summed E-state index contributed by atoms with van der Waals surface area (Å²) in [6, 6.07) is 29.5. The summed E-state index contributed by atoms with van der Waals surface area (Å²) < 4.78 is 0. The molecular weight excluding hydrogens is 356 g/mol.